The molecule has 1 aromatic heterocycles. The maximum absolute atomic E-state index is 11.8. The molecule has 0 saturated carbocycles. The van der Waals surface area contributed by atoms with E-state index < -0.39 is 0 Å². The minimum Gasteiger partial charge on any atom is -0.351 e. The number of amides is 1. The number of piperazine rings is 1. The molecule has 0 bridgehead atoms. The monoisotopic (exact) mass is 287 g/mol. The number of nitrogens with zero attached hydrogens (tertiary/aromatic N) is 3. The minimum absolute atomic E-state index is 0. The van der Waals surface area contributed by atoms with Crippen LogP contribution in [0.2, 0.25) is 0 Å². The Labute approximate surface area is 119 Å². The summed E-state index contributed by atoms with van der Waals surface area (Å²) in [6.45, 7) is 6.12. The van der Waals surface area contributed by atoms with Crippen LogP contribution < -0.4 is 10.6 Å². The Kier molecular flexibility index (Phi) is 6.83. The second-order valence-electron chi connectivity index (χ2n) is 4.54. The van der Waals surface area contributed by atoms with Crippen molar-refractivity contribution in [3.05, 3.63) is 18.0 Å². The number of aryl methyl sites for hydroxylation is 1. The Bertz CT molecular complexity index is 389. The molecule has 1 aliphatic heterocycles. The summed E-state index contributed by atoms with van der Waals surface area (Å²) in [4.78, 5) is 14.2. The number of carbonyl (C=O) groups excluding carboxylic acids is 1. The highest BCUT2D eigenvalue weighted by atomic mass is 35.5. The highest BCUT2D eigenvalue weighted by molar-refractivity contribution is 5.92. The van der Waals surface area contributed by atoms with Gasteiger partial charge in [-0.15, -0.1) is 12.4 Å². The van der Waals surface area contributed by atoms with Crippen molar-refractivity contribution in [2.24, 2.45) is 7.05 Å². The first-order chi connectivity index (χ1) is 8.77. The van der Waals surface area contributed by atoms with Gasteiger partial charge in [-0.1, -0.05) is 0 Å². The molecule has 0 spiro atoms. The standard InChI is InChI=1S/C12H21N5O.ClH/c1-16-11(3-5-15-16)12(18)14-4-2-8-17-9-6-13-7-10-17;/h3,5,13H,2,4,6-10H2,1H3,(H,14,18);1H. The molecule has 6 nitrogen and oxygen atoms in total. The largest absolute Gasteiger partial charge is 0.351 e. The number of hydrogen-bond acceptors (Lipinski definition) is 4. The van der Waals surface area contributed by atoms with E-state index in [-0.39, 0.29) is 18.3 Å². The molecule has 108 valence electrons. The van der Waals surface area contributed by atoms with Crippen LogP contribution in [0.25, 0.3) is 0 Å². The summed E-state index contributed by atoms with van der Waals surface area (Å²) in [5, 5.41) is 10.2. The topological polar surface area (TPSA) is 62.2 Å². The van der Waals surface area contributed by atoms with E-state index in [1.54, 1.807) is 24.0 Å². The third-order valence-corrected chi connectivity index (χ3v) is 3.20. The van der Waals surface area contributed by atoms with Crippen LogP contribution in [-0.2, 0) is 7.05 Å². The van der Waals surface area contributed by atoms with Gasteiger partial charge in [-0.25, -0.2) is 0 Å². The lowest BCUT2D eigenvalue weighted by Crippen LogP contribution is -2.44. The summed E-state index contributed by atoms with van der Waals surface area (Å²) in [5.41, 5.74) is 0.608. The molecule has 2 heterocycles. The molecule has 7 heteroatoms. The zero-order valence-electron chi connectivity index (χ0n) is 11.3. The Morgan fingerprint density at radius 1 is 1.47 bits per heavy atom. The van der Waals surface area contributed by atoms with Crippen molar-refractivity contribution in [1.82, 2.24) is 25.3 Å². The van der Waals surface area contributed by atoms with Gasteiger partial charge in [0.15, 0.2) is 0 Å². The molecule has 0 aliphatic carbocycles. The smallest absolute Gasteiger partial charge is 0.269 e. The van der Waals surface area contributed by atoms with Gasteiger partial charge in [0, 0.05) is 46.0 Å². The van der Waals surface area contributed by atoms with Gasteiger partial charge in [-0.2, -0.15) is 5.10 Å². The van der Waals surface area contributed by atoms with Gasteiger partial charge in [-0.05, 0) is 19.0 Å². The van der Waals surface area contributed by atoms with E-state index in [1.165, 1.54) is 0 Å². The summed E-state index contributed by atoms with van der Waals surface area (Å²) >= 11 is 0. The summed E-state index contributed by atoms with van der Waals surface area (Å²) in [7, 11) is 1.77. The number of halogens is 1. The average molecular weight is 288 g/mol. The average Bonchev–Trinajstić information content (AvgIpc) is 2.82. The van der Waals surface area contributed by atoms with E-state index in [1.807, 2.05) is 0 Å². The van der Waals surface area contributed by atoms with Gasteiger partial charge >= 0.3 is 0 Å². The molecule has 0 atom stereocenters. The molecule has 1 aliphatic rings. The van der Waals surface area contributed by atoms with E-state index in [0.717, 1.165) is 39.1 Å². The van der Waals surface area contributed by atoms with Gasteiger partial charge in [-0.3, -0.25) is 9.48 Å². The Hall–Kier alpha value is -1.11. The number of hydrogen-bond donors (Lipinski definition) is 2. The molecule has 1 fully saturated rings. The quantitative estimate of drug-likeness (QED) is 0.741. The van der Waals surface area contributed by atoms with Crippen molar-refractivity contribution in [3.63, 3.8) is 0 Å². The van der Waals surface area contributed by atoms with Gasteiger partial charge in [0.05, 0.1) is 0 Å². The van der Waals surface area contributed by atoms with Crippen LogP contribution in [0.1, 0.15) is 16.9 Å². The van der Waals surface area contributed by atoms with Crippen molar-refractivity contribution in [1.29, 1.82) is 0 Å². The molecule has 0 unspecified atom stereocenters. The van der Waals surface area contributed by atoms with Crippen molar-refractivity contribution < 1.29 is 4.79 Å². The number of aromatic nitrogens is 2. The molecule has 0 aromatic carbocycles. The molecule has 19 heavy (non-hydrogen) atoms. The van der Waals surface area contributed by atoms with Crippen LogP contribution >= 0.6 is 12.4 Å². The second kappa shape index (κ2) is 8.14. The highest BCUT2D eigenvalue weighted by Crippen LogP contribution is 1.97. The Morgan fingerprint density at radius 2 is 2.21 bits per heavy atom. The first kappa shape index (κ1) is 15.9. The molecular weight excluding hydrogens is 266 g/mol. The van der Waals surface area contributed by atoms with Crippen molar-refractivity contribution in [2.45, 2.75) is 6.42 Å². The molecule has 2 rings (SSSR count). The minimum atomic E-state index is -0.0460. The molecule has 1 aromatic rings. The maximum atomic E-state index is 11.8. The third-order valence-electron chi connectivity index (χ3n) is 3.20. The number of rotatable bonds is 5. The first-order valence-corrected chi connectivity index (χ1v) is 6.46. The fourth-order valence-electron chi connectivity index (χ4n) is 2.13. The summed E-state index contributed by atoms with van der Waals surface area (Å²) < 4.78 is 1.59. The zero-order valence-corrected chi connectivity index (χ0v) is 12.1. The molecule has 2 N–H and O–H groups in total. The van der Waals surface area contributed by atoms with Crippen LogP contribution in [0, 0.1) is 0 Å². The zero-order chi connectivity index (χ0) is 12.8. The summed E-state index contributed by atoms with van der Waals surface area (Å²) in [6, 6.07) is 1.73. The summed E-state index contributed by atoms with van der Waals surface area (Å²) in [5.74, 6) is -0.0460. The highest BCUT2D eigenvalue weighted by Gasteiger charge is 2.10. The normalized spacial score (nSPS) is 15.8. The van der Waals surface area contributed by atoms with Gasteiger partial charge < -0.3 is 15.5 Å². The van der Waals surface area contributed by atoms with Crippen molar-refractivity contribution in [3.8, 4) is 0 Å². The van der Waals surface area contributed by atoms with E-state index in [9.17, 15) is 4.79 Å². The predicted molar refractivity (Wildman–Crippen MR) is 76.7 cm³/mol. The number of carbonyl (C=O) groups is 1. The van der Waals surface area contributed by atoms with Crippen LogP contribution in [0.15, 0.2) is 12.3 Å². The molecule has 0 radical (unpaired) electrons. The Balaban J connectivity index is 0.00000180. The molecular formula is C12H22ClN5O. The first-order valence-electron chi connectivity index (χ1n) is 6.46. The second-order valence-corrected chi connectivity index (χ2v) is 4.54. The number of nitrogens with one attached hydrogen (secondary N) is 2. The summed E-state index contributed by atoms with van der Waals surface area (Å²) in [6.07, 6.45) is 2.62. The van der Waals surface area contributed by atoms with Crippen LogP contribution in [0.5, 0.6) is 0 Å². The van der Waals surface area contributed by atoms with E-state index >= 15 is 0 Å². The SMILES string of the molecule is Cl.Cn1nccc1C(=O)NCCCN1CCNCC1. The van der Waals surface area contributed by atoms with Gasteiger partial charge in [0.1, 0.15) is 5.69 Å². The lowest BCUT2D eigenvalue weighted by atomic mass is 10.3. The fourth-order valence-corrected chi connectivity index (χ4v) is 2.13. The van der Waals surface area contributed by atoms with Crippen molar-refractivity contribution in [2.75, 3.05) is 39.3 Å². The fraction of sp³-hybridized carbons (Fsp3) is 0.667. The van der Waals surface area contributed by atoms with Crippen molar-refractivity contribution >= 4 is 18.3 Å². The van der Waals surface area contributed by atoms with Gasteiger partial charge in [0.25, 0.3) is 5.91 Å². The van der Waals surface area contributed by atoms with Crippen LogP contribution in [0.3, 0.4) is 0 Å². The predicted octanol–water partition coefficient (Wildman–Crippen LogP) is -0.133. The maximum Gasteiger partial charge on any atom is 0.269 e. The van der Waals surface area contributed by atoms with E-state index in [2.05, 4.69) is 20.6 Å². The van der Waals surface area contributed by atoms with Gasteiger partial charge in [0.2, 0.25) is 0 Å². The lowest BCUT2D eigenvalue weighted by molar-refractivity contribution is 0.0942. The van der Waals surface area contributed by atoms with Crippen LogP contribution in [-0.4, -0.2) is 59.9 Å². The Morgan fingerprint density at radius 3 is 2.84 bits per heavy atom. The van der Waals surface area contributed by atoms with E-state index in [0.29, 0.717) is 12.2 Å². The van der Waals surface area contributed by atoms with Crippen LogP contribution in [0.4, 0.5) is 0 Å². The lowest BCUT2D eigenvalue weighted by Gasteiger charge is -2.27. The molecule has 1 amide bonds. The van der Waals surface area contributed by atoms with E-state index in [4.69, 9.17) is 0 Å². The third kappa shape index (κ3) is 4.81. The molecule has 1 saturated heterocycles.